The molecule has 8 nitrogen and oxygen atoms in total. The quantitative estimate of drug-likeness (QED) is 0.503. The van der Waals surface area contributed by atoms with E-state index in [1.54, 1.807) is 23.5 Å². The van der Waals surface area contributed by atoms with Crippen LogP contribution in [0.2, 0.25) is 0 Å². The van der Waals surface area contributed by atoms with Crippen LogP contribution in [-0.2, 0) is 26.8 Å². The van der Waals surface area contributed by atoms with Crippen molar-refractivity contribution in [2.45, 2.75) is 76.7 Å². The van der Waals surface area contributed by atoms with E-state index >= 15 is 0 Å². The van der Waals surface area contributed by atoms with Crippen LogP contribution in [0.25, 0.3) is 22.2 Å². The molecule has 0 amide bonds. The summed E-state index contributed by atoms with van der Waals surface area (Å²) < 4.78 is 57.5. The van der Waals surface area contributed by atoms with Crippen LogP contribution in [-0.4, -0.2) is 42.8 Å². The molecule has 3 aromatic rings. The molecule has 0 bridgehead atoms. The Morgan fingerprint density at radius 3 is 2.25 bits per heavy atom. The van der Waals surface area contributed by atoms with Gasteiger partial charge in [0.15, 0.2) is 0 Å². The van der Waals surface area contributed by atoms with Gasteiger partial charge in [0.2, 0.25) is 10.0 Å². The summed E-state index contributed by atoms with van der Waals surface area (Å²) in [7, 11) is -7.70. The Bertz CT molecular complexity index is 1490. The van der Waals surface area contributed by atoms with Gasteiger partial charge >= 0.3 is 10.2 Å². The van der Waals surface area contributed by atoms with E-state index in [9.17, 15) is 16.8 Å². The minimum atomic E-state index is -3.94. The molecule has 3 heterocycles. The van der Waals surface area contributed by atoms with Crippen molar-refractivity contribution in [1.29, 1.82) is 0 Å². The molecule has 10 heteroatoms. The van der Waals surface area contributed by atoms with E-state index in [-0.39, 0.29) is 4.90 Å². The van der Waals surface area contributed by atoms with E-state index < -0.39 is 20.2 Å². The zero-order valence-electron chi connectivity index (χ0n) is 21.1. The summed E-state index contributed by atoms with van der Waals surface area (Å²) in [5.74, 6) is 0.449. The van der Waals surface area contributed by atoms with Crippen molar-refractivity contribution in [3.8, 4) is 11.3 Å². The van der Waals surface area contributed by atoms with Crippen molar-refractivity contribution in [1.82, 2.24) is 12.8 Å². The Labute approximate surface area is 214 Å². The van der Waals surface area contributed by atoms with Gasteiger partial charge < -0.3 is 4.57 Å². The molecular weight excluding hydrogens is 496 g/mol. The predicted molar refractivity (Wildman–Crippen MR) is 143 cm³/mol. The lowest BCUT2D eigenvalue weighted by Gasteiger charge is -2.26. The monoisotopic (exact) mass is 532 g/mol. The average Bonchev–Trinajstić information content (AvgIpc) is 3.38. The van der Waals surface area contributed by atoms with E-state index in [0.717, 1.165) is 43.1 Å². The van der Waals surface area contributed by atoms with Crippen molar-refractivity contribution in [3.63, 3.8) is 0 Å². The first kappa shape index (κ1) is 25.5. The van der Waals surface area contributed by atoms with Crippen LogP contribution in [0, 0.1) is 19.8 Å². The summed E-state index contributed by atoms with van der Waals surface area (Å²) in [6, 6.07) is 7.42. The van der Waals surface area contributed by atoms with Crippen LogP contribution in [0.15, 0.2) is 35.4 Å². The average molecular weight is 533 g/mol. The van der Waals surface area contributed by atoms with Crippen LogP contribution in [0.5, 0.6) is 0 Å². The van der Waals surface area contributed by atoms with Crippen molar-refractivity contribution in [2.24, 2.45) is 11.1 Å². The fourth-order valence-electron chi connectivity index (χ4n) is 5.92. The molecule has 0 unspecified atom stereocenters. The minimum Gasteiger partial charge on any atom is -0.343 e. The van der Waals surface area contributed by atoms with Gasteiger partial charge in [-0.25, -0.2) is 17.5 Å². The second kappa shape index (κ2) is 9.63. The molecule has 0 atom stereocenters. The highest BCUT2D eigenvalue weighted by molar-refractivity contribution is 7.89. The summed E-state index contributed by atoms with van der Waals surface area (Å²) in [5.41, 5.74) is 3.57. The van der Waals surface area contributed by atoms with Gasteiger partial charge in [-0.1, -0.05) is 37.8 Å². The number of fused-ring (bicyclic) bond motifs is 1. The van der Waals surface area contributed by atoms with Gasteiger partial charge in [-0.3, -0.25) is 0 Å². The van der Waals surface area contributed by atoms with E-state index in [1.165, 1.54) is 23.2 Å². The standard InChI is InChI=1S/C26H36N4O4S2/c1-19-11-12-22-23(18-30(25(22)15-19)36(33,34)28-13-7-4-8-14-28)24-16-26(35(27,31)32)20(2)29(24)17-21-9-5-3-6-10-21/h11-12,15-16,18,21H,3-10,13-14,17H2,1-2H3,(H2,27,31,32). The number of aryl methyl sites for hydroxylation is 1. The summed E-state index contributed by atoms with van der Waals surface area (Å²) in [5, 5.41) is 6.39. The molecule has 1 aromatic carbocycles. The third-order valence-electron chi connectivity index (χ3n) is 7.89. The number of hydrogen-bond acceptors (Lipinski definition) is 4. The van der Waals surface area contributed by atoms with E-state index in [2.05, 4.69) is 0 Å². The van der Waals surface area contributed by atoms with Gasteiger partial charge in [0.1, 0.15) is 4.90 Å². The number of sulfonamides is 1. The van der Waals surface area contributed by atoms with Crippen molar-refractivity contribution in [2.75, 3.05) is 13.1 Å². The van der Waals surface area contributed by atoms with Crippen LogP contribution in [0.4, 0.5) is 0 Å². The number of rotatable bonds is 6. The minimum absolute atomic E-state index is 0.0974. The molecule has 2 fully saturated rings. The van der Waals surface area contributed by atoms with Crippen molar-refractivity contribution in [3.05, 3.63) is 41.7 Å². The number of nitrogens with two attached hydrogens (primary N) is 1. The fourth-order valence-corrected chi connectivity index (χ4v) is 8.32. The molecule has 1 saturated heterocycles. The molecule has 1 saturated carbocycles. The third-order valence-corrected chi connectivity index (χ3v) is 10.7. The second-order valence-electron chi connectivity index (χ2n) is 10.5. The van der Waals surface area contributed by atoms with E-state index in [0.29, 0.717) is 48.0 Å². The number of piperidine rings is 1. The van der Waals surface area contributed by atoms with Gasteiger partial charge in [-0.15, -0.1) is 0 Å². The number of benzene rings is 1. The zero-order chi connectivity index (χ0) is 25.7. The Balaban J connectivity index is 1.71. The van der Waals surface area contributed by atoms with Gasteiger partial charge in [0.05, 0.1) is 11.2 Å². The van der Waals surface area contributed by atoms with Gasteiger partial charge in [-0.2, -0.15) is 12.7 Å². The summed E-state index contributed by atoms with van der Waals surface area (Å²) in [6.45, 7) is 5.44. The van der Waals surface area contributed by atoms with Crippen LogP contribution < -0.4 is 5.14 Å². The molecular formula is C26H36N4O4S2. The van der Waals surface area contributed by atoms with Gasteiger partial charge in [-0.05, 0) is 63.1 Å². The van der Waals surface area contributed by atoms with Crippen molar-refractivity contribution < 1.29 is 16.8 Å². The number of aromatic nitrogens is 2. The number of nitrogens with zero attached hydrogens (tertiary/aromatic N) is 3. The lowest BCUT2D eigenvalue weighted by atomic mass is 9.89. The summed E-state index contributed by atoms with van der Waals surface area (Å²) >= 11 is 0. The summed E-state index contributed by atoms with van der Waals surface area (Å²) in [6.07, 6.45) is 10.2. The molecule has 2 aromatic heterocycles. The van der Waals surface area contributed by atoms with Gasteiger partial charge in [0.25, 0.3) is 0 Å². The highest BCUT2D eigenvalue weighted by Gasteiger charge is 2.30. The summed E-state index contributed by atoms with van der Waals surface area (Å²) in [4.78, 5) is 0.0974. The Morgan fingerprint density at radius 2 is 1.58 bits per heavy atom. The van der Waals surface area contributed by atoms with Gasteiger partial charge in [0, 0.05) is 42.5 Å². The van der Waals surface area contributed by atoms with E-state index in [1.807, 2.05) is 29.7 Å². The Hall–Kier alpha value is -2.14. The lowest BCUT2D eigenvalue weighted by Crippen LogP contribution is -2.38. The lowest BCUT2D eigenvalue weighted by molar-refractivity contribution is 0.318. The highest BCUT2D eigenvalue weighted by Crippen LogP contribution is 2.38. The second-order valence-corrected chi connectivity index (χ2v) is 13.8. The van der Waals surface area contributed by atoms with Crippen LogP contribution >= 0.6 is 0 Å². The van der Waals surface area contributed by atoms with Crippen LogP contribution in [0.1, 0.15) is 62.6 Å². The largest absolute Gasteiger partial charge is 0.343 e. The molecule has 2 N–H and O–H groups in total. The Morgan fingerprint density at radius 1 is 0.917 bits per heavy atom. The maximum absolute atomic E-state index is 13.8. The molecule has 0 radical (unpaired) electrons. The smallest absolute Gasteiger partial charge is 0.307 e. The Kier molecular flexibility index (Phi) is 6.82. The highest BCUT2D eigenvalue weighted by atomic mass is 32.2. The molecule has 1 aliphatic heterocycles. The maximum atomic E-state index is 13.8. The molecule has 5 rings (SSSR count). The number of primary sulfonamides is 1. The molecule has 2 aliphatic rings. The first-order valence-electron chi connectivity index (χ1n) is 12.9. The molecule has 0 spiro atoms. The fraction of sp³-hybridized carbons (Fsp3) is 0.538. The maximum Gasteiger partial charge on any atom is 0.307 e. The molecule has 1 aliphatic carbocycles. The zero-order valence-corrected chi connectivity index (χ0v) is 22.7. The van der Waals surface area contributed by atoms with E-state index in [4.69, 9.17) is 5.14 Å². The van der Waals surface area contributed by atoms with Crippen LogP contribution in [0.3, 0.4) is 0 Å². The number of hydrogen-bond donors (Lipinski definition) is 1. The molecule has 196 valence electrons. The first-order valence-corrected chi connectivity index (χ1v) is 15.9. The third kappa shape index (κ3) is 4.64. The SMILES string of the molecule is Cc1ccc2c(-c3cc(S(N)(=O)=O)c(C)n3CC3CCCCC3)cn(S(=O)(=O)N3CCCCC3)c2c1. The topological polar surface area (TPSA) is 107 Å². The first-order chi connectivity index (χ1) is 17.1. The van der Waals surface area contributed by atoms with Crippen molar-refractivity contribution >= 4 is 31.1 Å². The molecule has 36 heavy (non-hydrogen) atoms. The predicted octanol–water partition coefficient (Wildman–Crippen LogP) is 4.53. The normalized spacial score (nSPS) is 18.8.